The van der Waals surface area contributed by atoms with E-state index in [0.717, 1.165) is 24.5 Å². The minimum Gasteiger partial charge on any atom is -0.307 e. The van der Waals surface area contributed by atoms with Gasteiger partial charge in [0.15, 0.2) is 0 Å². The fourth-order valence-electron chi connectivity index (χ4n) is 3.48. The Kier molecular flexibility index (Phi) is 6.46. The lowest BCUT2D eigenvalue weighted by Gasteiger charge is -2.22. The van der Waals surface area contributed by atoms with Gasteiger partial charge in [-0.2, -0.15) is 0 Å². The van der Waals surface area contributed by atoms with Gasteiger partial charge >= 0.3 is 0 Å². The van der Waals surface area contributed by atoms with E-state index in [-0.39, 0.29) is 0 Å². The summed E-state index contributed by atoms with van der Waals surface area (Å²) in [5.41, 5.74) is 3.48. The summed E-state index contributed by atoms with van der Waals surface area (Å²) in [6.07, 6.45) is 0. The Labute approximate surface area is 174 Å². The molecule has 2 nitrogen and oxygen atoms in total. The highest BCUT2D eigenvalue weighted by atomic mass is 31.1. The lowest BCUT2D eigenvalue weighted by molar-refractivity contribution is 0.680. The van der Waals surface area contributed by atoms with Gasteiger partial charge in [-0.15, -0.1) is 0 Å². The molecule has 1 aromatic heterocycles. The quantitative estimate of drug-likeness (QED) is 0.467. The van der Waals surface area contributed by atoms with Gasteiger partial charge < -0.3 is 5.32 Å². The molecule has 1 N–H and O–H groups in total. The van der Waals surface area contributed by atoms with E-state index < -0.39 is 7.92 Å². The highest BCUT2D eigenvalue weighted by molar-refractivity contribution is 7.79. The number of pyridine rings is 1. The smallest absolute Gasteiger partial charge is 0.0544 e. The number of aryl methyl sites for hydroxylation is 1. The van der Waals surface area contributed by atoms with E-state index in [4.69, 9.17) is 0 Å². The molecule has 4 aromatic rings. The first-order valence-electron chi connectivity index (χ1n) is 9.92. The zero-order valence-electron chi connectivity index (χ0n) is 16.6. The summed E-state index contributed by atoms with van der Waals surface area (Å²) >= 11 is 0. The molecule has 0 radical (unpaired) electrons. The van der Waals surface area contributed by atoms with Crippen LogP contribution in [0.25, 0.3) is 0 Å². The van der Waals surface area contributed by atoms with Crippen molar-refractivity contribution >= 4 is 23.8 Å². The fourth-order valence-corrected chi connectivity index (χ4v) is 5.95. The van der Waals surface area contributed by atoms with Crippen LogP contribution in [0.3, 0.4) is 0 Å². The molecule has 29 heavy (non-hydrogen) atoms. The van der Waals surface area contributed by atoms with Crippen molar-refractivity contribution < 1.29 is 0 Å². The molecular formula is C26H25N2P. The summed E-state index contributed by atoms with van der Waals surface area (Å²) in [6.45, 7) is 3.63. The first-order valence-corrected chi connectivity index (χ1v) is 11.3. The van der Waals surface area contributed by atoms with Crippen molar-refractivity contribution in [3.8, 4) is 0 Å². The monoisotopic (exact) mass is 396 g/mol. The number of nitrogens with zero attached hydrogens (tertiary/aromatic N) is 1. The summed E-state index contributed by atoms with van der Waals surface area (Å²) < 4.78 is 0. The van der Waals surface area contributed by atoms with Crippen molar-refractivity contribution in [1.29, 1.82) is 0 Å². The van der Waals surface area contributed by atoms with Gasteiger partial charge in [0.25, 0.3) is 0 Å². The third-order valence-corrected chi connectivity index (χ3v) is 7.38. The van der Waals surface area contributed by atoms with Gasteiger partial charge in [-0.3, -0.25) is 4.98 Å². The molecule has 0 spiro atoms. The third-order valence-electron chi connectivity index (χ3n) is 4.83. The number of hydrogen-bond donors (Lipinski definition) is 1. The molecule has 0 fully saturated rings. The van der Waals surface area contributed by atoms with Crippen LogP contribution < -0.4 is 21.2 Å². The van der Waals surface area contributed by atoms with Crippen molar-refractivity contribution in [1.82, 2.24) is 10.3 Å². The molecule has 3 heteroatoms. The molecule has 0 aliphatic heterocycles. The topological polar surface area (TPSA) is 24.9 Å². The van der Waals surface area contributed by atoms with Crippen LogP contribution >= 0.6 is 7.92 Å². The van der Waals surface area contributed by atoms with Gasteiger partial charge in [-0.1, -0.05) is 91.0 Å². The van der Waals surface area contributed by atoms with E-state index in [1.54, 1.807) is 0 Å². The van der Waals surface area contributed by atoms with Crippen molar-refractivity contribution in [2.45, 2.75) is 20.0 Å². The SMILES string of the molecule is Cc1cccc(CNCc2ccccc2P(c2ccccc2)c2ccccc2)n1. The van der Waals surface area contributed by atoms with Crippen LogP contribution in [0.4, 0.5) is 0 Å². The molecule has 3 aromatic carbocycles. The second-order valence-corrected chi connectivity index (χ2v) is 9.19. The number of benzene rings is 3. The van der Waals surface area contributed by atoms with Gasteiger partial charge in [0, 0.05) is 18.8 Å². The van der Waals surface area contributed by atoms with E-state index in [1.807, 2.05) is 13.0 Å². The van der Waals surface area contributed by atoms with Crippen molar-refractivity contribution in [2.75, 3.05) is 0 Å². The first-order chi connectivity index (χ1) is 14.3. The number of nitrogens with one attached hydrogen (secondary N) is 1. The minimum absolute atomic E-state index is 0.598. The zero-order valence-corrected chi connectivity index (χ0v) is 17.5. The summed E-state index contributed by atoms with van der Waals surface area (Å²) in [4.78, 5) is 4.60. The van der Waals surface area contributed by atoms with Gasteiger partial charge in [0.2, 0.25) is 0 Å². The second-order valence-electron chi connectivity index (χ2n) is 7.01. The zero-order chi connectivity index (χ0) is 19.9. The lowest BCUT2D eigenvalue weighted by Crippen LogP contribution is -2.26. The number of rotatable bonds is 7. The van der Waals surface area contributed by atoms with Crippen LogP contribution in [-0.2, 0) is 13.1 Å². The largest absolute Gasteiger partial charge is 0.307 e. The van der Waals surface area contributed by atoms with E-state index in [1.165, 1.54) is 21.5 Å². The molecule has 0 saturated carbocycles. The predicted octanol–water partition coefficient (Wildman–Crippen LogP) is 4.44. The number of hydrogen-bond acceptors (Lipinski definition) is 2. The van der Waals surface area contributed by atoms with Crippen molar-refractivity contribution in [3.05, 3.63) is 120 Å². The molecule has 0 saturated heterocycles. The summed E-state index contributed by atoms with van der Waals surface area (Å²) in [5.74, 6) is 0. The molecule has 0 aliphatic rings. The van der Waals surface area contributed by atoms with Crippen LogP contribution in [0.5, 0.6) is 0 Å². The van der Waals surface area contributed by atoms with E-state index in [2.05, 4.69) is 107 Å². The maximum Gasteiger partial charge on any atom is 0.0544 e. The fraction of sp³-hybridized carbons (Fsp3) is 0.115. The maximum atomic E-state index is 4.60. The van der Waals surface area contributed by atoms with Crippen molar-refractivity contribution in [3.63, 3.8) is 0 Å². The second kappa shape index (κ2) is 9.60. The van der Waals surface area contributed by atoms with Crippen LogP contribution in [-0.4, -0.2) is 4.98 Å². The first kappa shape index (κ1) is 19.5. The Hall–Kier alpha value is -2.80. The molecule has 0 aliphatic carbocycles. The average molecular weight is 396 g/mol. The van der Waals surface area contributed by atoms with Crippen molar-refractivity contribution in [2.24, 2.45) is 0 Å². The van der Waals surface area contributed by atoms with Gasteiger partial charge in [0.05, 0.1) is 5.69 Å². The molecule has 0 unspecified atom stereocenters. The standard InChI is InChI=1S/C26H25N2P/c1-21-11-10-13-23(28-21)20-27-19-22-12-8-9-18-26(22)29(24-14-4-2-5-15-24)25-16-6-3-7-17-25/h2-18,27H,19-20H2,1H3. The van der Waals surface area contributed by atoms with E-state index in [9.17, 15) is 0 Å². The normalized spacial score (nSPS) is 11.0. The highest BCUT2D eigenvalue weighted by Crippen LogP contribution is 2.33. The Morgan fingerprint density at radius 2 is 1.28 bits per heavy atom. The van der Waals surface area contributed by atoms with Crippen LogP contribution in [0.2, 0.25) is 0 Å². The average Bonchev–Trinajstić information content (AvgIpc) is 2.77. The third kappa shape index (κ3) is 4.98. The van der Waals surface area contributed by atoms with Gasteiger partial charge in [-0.25, -0.2) is 0 Å². The highest BCUT2D eigenvalue weighted by Gasteiger charge is 2.18. The molecular weight excluding hydrogens is 371 g/mol. The maximum absolute atomic E-state index is 4.60. The van der Waals surface area contributed by atoms with E-state index >= 15 is 0 Å². The van der Waals surface area contributed by atoms with Crippen LogP contribution in [0.1, 0.15) is 17.0 Å². The summed E-state index contributed by atoms with van der Waals surface area (Å²) in [6, 6.07) is 36.7. The Bertz CT molecular complexity index is 1010. The molecule has 0 atom stereocenters. The Balaban J connectivity index is 1.62. The molecule has 1 heterocycles. The molecule has 144 valence electrons. The van der Waals surface area contributed by atoms with Crippen LogP contribution in [0, 0.1) is 6.92 Å². The van der Waals surface area contributed by atoms with Gasteiger partial charge in [-0.05, 0) is 48.5 Å². The Morgan fingerprint density at radius 3 is 1.93 bits per heavy atom. The Morgan fingerprint density at radius 1 is 0.655 bits per heavy atom. The molecule has 4 rings (SSSR count). The number of aromatic nitrogens is 1. The van der Waals surface area contributed by atoms with Crippen LogP contribution in [0.15, 0.2) is 103 Å². The molecule has 0 bridgehead atoms. The van der Waals surface area contributed by atoms with Gasteiger partial charge in [0.1, 0.15) is 0 Å². The molecule has 0 amide bonds. The lowest BCUT2D eigenvalue weighted by atomic mass is 10.2. The summed E-state index contributed by atoms with van der Waals surface area (Å²) in [7, 11) is -0.598. The summed E-state index contributed by atoms with van der Waals surface area (Å²) in [5, 5.41) is 7.75. The predicted molar refractivity (Wildman–Crippen MR) is 125 cm³/mol. The van der Waals surface area contributed by atoms with E-state index in [0.29, 0.717) is 0 Å². The minimum atomic E-state index is -0.598.